The molecular weight excluding hydrogens is 417 g/mol. The summed E-state index contributed by atoms with van der Waals surface area (Å²) in [5.41, 5.74) is 8.84. The number of ether oxygens (including phenoxy) is 1. The third-order valence-corrected chi connectivity index (χ3v) is 6.90. The van der Waals surface area contributed by atoms with Crippen molar-refractivity contribution in [3.63, 3.8) is 0 Å². The Hall–Kier alpha value is -2.91. The second kappa shape index (κ2) is 7.97. The Morgan fingerprint density at radius 2 is 2.13 bits per heavy atom. The van der Waals surface area contributed by atoms with Gasteiger partial charge in [-0.2, -0.15) is 0 Å². The molecule has 2 aliphatic rings. The zero-order valence-electron chi connectivity index (χ0n) is 17.2. The number of halogens is 1. The summed E-state index contributed by atoms with van der Waals surface area (Å²) in [6, 6.07) is 7.21. The van der Waals surface area contributed by atoms with E-state index in [2.05, 4.69) is 15.6 Å². The van der Waals surface area contributed by atoms with Crippen LogP contribution < -0.4 is 26.0 Å². The number of carbonyl (C=O) groups excluding carboxylic acids is 1. The quantitative estimate of drug-likeness (QED) is 0.578. The van der Waals surface area contributed by atoms with Crippen molar-refractivity contribution >= 4 is 38.8 Å². The highest BCUT2D eigenvalue weighted by atomic mass is 32.1. The topological polar surface area (TPSA) is 92.5 Å². The molecule has 7 nitrogen and oxygen atoms in total. The lowest BCUT2D eigenvalue weighted by Gasteiger charge is -2.32. The number of piperazine rings is 1. The molecule has 4 N–H and O–H groups in total. The molecular formula is C22H24FN5O2S. The van der Waals surface area contributed by atoms with Gasteiger partial charge in [-0.3, -0.25) is 4.79 Å². The number of carbonyl (C=O) groups is 1. The average molecular weight is 442 g/mol. The first-order valence-electron chi connectivity index (χ1n) is 10.4. The van der Waals surface area contributed by atoms with Gasteiger partial charge in [0.05, 0.1) is 17.4 Å². The number of rotatable bonds is 3. The van der Waals surface area contributed by atoms with Gasteiger partial charge in [-0.15, -0.1) is 11.3 Å². The van der Waals surface area contributed by atoms with Crippen LogP contribution in [-0.2, 0) is 6.42 Å². The van der Waals surface area contributed by atoms with Crippen LogP contribution in [0.3, 0.4) is 0 Å². The zero-order valence-corrected chi connectivity index (χ0v) is 18.0. The number of fused-ring (bicyclic) bond motifs is 2. The molecule has 1 atom stereocenters. The Morgan fingerprint density at radius 1 is 1.32 bits per heavy atom. The molecule has 0 spiro atoms. The molecule has 1 amide bonds. The first kappa shape index (κ1) is 20.0. The maximum absolute atomic E-state index is 15.1. The number of nitrogen functional groups attached to an aromatic ring is 1. The van der Waals surface area contributed by atoms with E-state index in [-0.39, 0.29) is 24.4 Å². The fourth-order valence-electron chi connectivity index (χ4n) is 4.16. The number of nitrogens with two attached hydrogens (primary N) is 1. The van der Waals surface area contributed by atoms with Crippen LogP contribution in [0.25, 0.3) is 10.2 Å². The average Bonchev–Trinajstić information content (AvgIpc) is 3.10. The van der Waals surface area contributed by atoms with Crippen molar-refractivity contribution in [1.82, 2.24) is 15.6 Å². The predicted octanol–water partition coefficient (Wildman–Crippen LogP) is 2.47. The Balaban J connectivity index is 1.32. The smallest absolute Gasteiger partial charge is 0.263 e. The summed E-state index contributed by atoms with van der Waals surface area (Å²) in [5, 5.41) is 7.04. The first-order chi connectivity index (χ1) is 15.0. The number of thiophene rings is 1. The molecule has 2 aromatic heterocycles. The summed E-state index contributed by atoms with van der Waals surface area (Å²) >= 11 is 1.28. The normalized spacial score (nSPS) is 18.5. The molecule has 162 valence electrons. The fourth-order valence-corrected chi connectivity index (χ4v) is 5.21. The van der Waals surface area contributed by atoms with Crippen molar-refractivity contribution in [2.75, 3.05) is 43.4 Å². The van der Waals surface area contributed by atoms with E-state index in [9.17, 15) is 4.79 Å². The van der Waals surface area contributed by atoms with Crippen LogP contribution in [0, 0.1) is 12.7 Å². The highest BCUT2D eigenvalue weighted by molar-refractivity contribution is 7.21. The van der Waals surface area contributed by atoms with Crippen molar-refractivity contribution in [2.24, 2.45) is 0 Å². The molecule has 0 aliphatic carbocycles. The van der Waals surface area contributed by atoms with Crippen molar-refractivity contribution in [3.8, 4) is 5.75 Å². The van der Waals surface area contributed by atoms with Gasteiger partial charge in [0, 0.05) is 37.3 Å². The Kier molecular flexibility index (Phi) is 5.15. The molecule has 1 aromatic carbocycles. The third-order valence-electron chi connectivity index (χ3n) is 5.79. The molecule has 4 heterocycles. The Labute approximate surface area is 183 Å². The van der Waals surface area contributed by atoms with E-state index in [1.54, 1.807) is 0 Å². The van der Waals surface area contributed by atoms with Gasteiger partial charge in [-0.1, -0.05) is 6.07 Å². The SMILES string of the molecule is Cc1ccc2c(N)c(C(=O)NC3COc4c(ccc(N5CCNCC5)c4F)C3)sc2n1. The minimum Gasteiger partial charge on any atom is -0.488 e. The van der Waals surface area contributed by atoms with Gasteiger partial charge in [0.1, 0.15) is 16.3 Å². The molecule has 1 fully saturated rings. The molecule has 1 saturated heterocycles. The van der Waals surface area contributed by atoms with Gasteiger partial charge in [0.25, 0.3) is 5.91 Å². The van der Waals surface area contributed by atoms with Crippen LogP contribution in [0.15, 0.2) is 24.3 Å². The molecule has 31 heavy (non-hydrogen) atoms. The van der Waals surface area contributed by atoms with Gasteiger partial charge in [-0.25, -0.2) is 9.37 Å². The van der Waals surface area contributed by atoms with Crippen LogP contribution in [-0.4, -0.2) is 49.7 Å². The van der Waals surface area contributed by atoms with Gasteiger partial charge < -0.3 is 26.0 Å². The lowest BCUT2D eigenvalue weighted by molar-refractivity contribution is 0.0919. The maximum atomic E-state index is 15.1. The number of anilines is 2. The van der Waals surface area contributed by atoms with E-state index < -0.39 is 0 Å². The van der Waals surface area contributed by atoms with Gasteiger partial charge in [0.2, 0.25) is 0 Å². The number of hydrogen-bond acceptors (Lipinski definition) is 7. The standard InChI is InChI=1S/C22H24FN5O2S/c1-12-2-4-15-18(24)20(31-22(15)26-12)21(29)27-14-10-13-3-5-16(17(23)19(13)30-11-14)28-8-6-25-7-9-28/h2-5,14,25H,6-11,24H2,1H3,(H,27,29). The van der Waals surface area contributed by atoms with Crippen LogP contribution >= 0.6 is 11.3 Å². The van der Waals surface area contributed by atoms with Gasteiger partial charge >= 0.3 is 0 Å². The number of pyridine rings is 1. The molecule has 1 unspecified atom stereocenters. The molecule has 0 saturated carbocycles. The van der Waals surface area contributed by atoms with Gasteiger partial charge in [-0.05, 0) is 37.1 Å². The maximum Gasteiger partial charge on any atom is 0.263 e. The van der Waals surface area contributed by atoms with Crippen molar-refractivity contribution < 1.29 is 13.9 Å². The van der Waals surface area contributed by atoms with Crippen molar-refractivity contribution in [3.05, 3.63) is 46.2 Å². The molecule has 0 bridgehead atoms. The van der Waals surface area contributed by atoms with E-state index in [0.717, 1.165) is 47.7 Å². The number of aryl methyl sites for hydroxylation is 1. The predicted molar refractivity (Wildman–Crippen MR) is 121 cm³/mol. The minimum atomic E-state index is -0.320. The van der Waals surface area contributed by atoms with Crippen LogP contribution in [0.4, 0.5) is 15.8 Å². The van der Waals surface area contributed by atoms with Crippen molar-refractivity contribution in [1.29, 1.82) is 0 Å². The molecule has 2 aliphatic heterocycles. The number of aromatic nitrogens is 1. The lowest BCUT2D eigenvalue weighted by Crippen LogP contribution is -2.44. The summed E-state index contributed by atoms with van der Waals surface area (Å²) < 4.78 is 20.9. The van der Waals surface area contributed by atoms with Crippen LogP contribution in [0.2, 0.25) is 0 Å². The number of nitrogens with zero attached hydrogens (tertiary/aromatic N) is 2. The van der Waals surface area contributed by atoms with Gasteiger partial charge in [0.15, 0.2) is 11.6 Å². The van der Waals surface area contributed by atoms with Crippen LogP contribution in [0.1, 0.15) is 20.9 Å². The summed E-state index contributed by atoms with van der Waals surface area (Å²) in [6.45, 7) is 5.31. The zero-order chi connectivity index (χ0) is 21.5. The summed E-state index contributed by atoms with van der Waals surface area (Å²) in [6.07, 6.45) is 0.502. The first-order valence-corrected chi connectivity index (χ1v) is 11.2. The summed E-state index contributed by atoms with van der Waals surface area (Å²) in [7, 11) is 0. The molecule has 3 aromatic rings. The summed E-state index contributed by atoms with van der Waals surface area (Å²) in [4.78, 5) is 20.6. The van der Waals surface area contributed by atoms with E-state index in [1.807, 2.05) is 36.1 Å². The van der Waals surface area contributed by atoms with E-state index >= 15 is 4.39 Å². The Bertz CT molecular complexity index is 1160. The largest absolute Gasteiger partial charge is 0.488 e. The van der Waals surface area contributed by atoms with E-state index in [4.69, 9.17) is 10.5 Å². The number of nitrogens with one attached hydrogen (secondary N) is 2. The van der Waals surface area contributed by atoms with E-state index in [0.29, 0.717) is 28.4 Å². The third kappa shape index (κ3) is 3.68. The molecule has 9 heteroatoms. The Morgan fingerprint density at radius 3 is 2.94 bits per heavy atom. The monoisotopic (exact) mass is 441 g/mol. The van der Waals surface area contributed by atoms with E-state index in [1.165, 1.54) is 11.3 Å². The highest BCUT2D eigenvalue weighted by Gasteiger charge is 2.28. The second-order valence-electron chi connectivity index (χ2n) is 7.96. The fraction of sp³-hybridized carbons (Fsp3) is 0.364. The lowest BCUT2D eigenvalue weighted by atomic mass is 10.0. The number of benzene rings is 1. The number of hydrogen-bond donors (Lipinski definition) is 3. The number of amides is 1. The second-order valence-corrected chi connectivity index (χ2v) is 8.96. The molecule has 0 radical (unpaired) electrons. The highest BCUT2D eigenvalue weighted by Crippen LogP contribution is 2.35. The van der Waals surface area contributed by atoms with Crippen LogP contribution in [0.5, 0.6) is 5.75 Å². The summed E-state index contributed by atoms with van der Waals surface area (Å²) in [5.74, 6) is -0.282. The molecule has 5 rings (SSSR count). The minimum absolute atomic E-state index is 0.211. The van der Waals surface area contributed by atoms with Crippen molar-refractivity contribution in [2.45, 2.75) is 19.4 Å².